The Hall–Kier alpha value is -1.87. The van der Waals surface area contributed by atoms with Crippen molar-refractivity contribution in [2.75, 3.05) is 26.3 Å². The predicted molar refractivity (Wildman–Crippen MR) is 78.7 cm³/mol. The first kappa shape index (κ1) is 17.0. The number of nitrogens with one attached hydrogen (secondary N) is 2. The lowest BCUT2D eigenvalue weighted by Crippen LogP contribution is -2.62. The Morgan fingerprint density at radius 3 is 2.54 bits per heavy atom. The van der Waals surface area contributed by atoms with Crippen LogP contribution in [0.3, 0.4) is 0 Å². The summed E-state index contributed by atoms with van der Waals surface area (Å²) in [5, 5.41) is 3.42. The zero-order valence-electron chi connectivity index (χ0n) is 12.9. The molecule has 3 rings (SSSR count). The van der Waals surface area contributed by atoms with E-state index in [1.54, 1.807) is 0 Å². The molecule has 0 aliphatic carbocycles. The molecule has 0 spiro atoms. The normalized spacial score (nSPS) is 20.0. The van der Waals surface area contributed by atoms with E-state index in [9.17, 15) is 22.8 Å². The number of ether oxygens (including phenoxy) is 1. The zero-order valence-corrected chi connectivity index (χ0v) is 12.9. The molecular formula is C15H18F3N3O3. The molecule has 1 amide bonds. The summed E-state index contributed by atoms with van der Waals surface area (Å²) < 4.78 is 43.5. The molecule has 132 valence electrons. The van der Waals surface area contributed by atoms with Crippen molar-refractivity contribution in [3.63, 3.8) is 0 Å². The van der Waals surface area contributed by atoms with Gasteiger partial charge in [-0.2, -0.15) is 13.2 Å². The predicted octanol–water partition coefficient (Wildman–Crippen LogP) is 0.987. The monoisotopic (exact) mass is 345 g/mol. The fourth-order valence-corrected chi connectivity index (χ4v) is 2.95. The molecule has 2 saturated heterocycles. The third-order valence-electron chi connectivity index (χ3n) is 4.32. The number of hydrogen-bond acceptors (Lipinski definition) is 4. The van der Waals surface area contributed by atoms with Crippen molar-refractivity contribution in [2.24, 2.45) is 0 Å². The molecule has 2 fully saturated rings. The maximum absolute atomic E-state index is 12.7. The summed E-state index contributed by atoms with van der Waals surface area (Å²) in [6.45, 7) is 2.31. The lowest BCUT2D eigenvalue weighted by Gasteiger charge is -2.42. The number of carbonyl (C=O) groups excluding carboxylic acids is 1. The standard InChI is InChI=1S/C15H18F3N3O3/c16-15(17,18)12-5-9(6-19-13(12)22)14(23)21-7-11(8-21)20-10-1-3-24-4-2-10/h5-6,10-11,20H,1-4,7-8H2,(H,19,22). The van der Waals surface area contributed by atoms with E-state index in [-0.39, 0.29) is 11.6 Å². The van der Waals surface area contributed by atoms with Gasteiger partial charge in [0.25, 0.3) is 11.5 Å². The smallest absolute Gasteiger partial charge is 0.381 e. The molecule has 24 heavy (non-hydrogen) atoms. The van der Waals surface area contributed by atoms with E-state index in [0.29, 0.717) is 38.4 Å². The highest BCUT2D eigenvalue weighted by atomic mass is 19.4. The number of carbonyl (C=O) groups is 1. The first-order chi connectivity index (χ1) is 11.3. The number of H-pyrrole nitrogens is 1. The maximum atomic E-state index is 12.7. The van der Waals surface area contributed by atoms with Crippen molar-refractivity contribution in [1.82, 2.24) is 15.2 Å². The second-order valence-corrected chi connectivity index (χ2v) is 6.09. The number of alkyl halides is 3. The summed E-state index contributed by atoms with van der Waals surface area (Å²) in [6.07, 6.45) is -1.93. The molecule has 0 bridgehead atoms. The molecule has 0 atom stereocenters. The quantitative estimate of drug-likeness (QED) is 0.857. The van der Waals surface area contributed by atoms with Crippen LogP contribution in [-0.4, -0.2) is 54.2 Å². The van der Waals surface area contributed by atoms with Gasteiger partial charge in [-0.15, -0.1) is 0 Å². The van der Waals surface area contributed by atoms with Crippen molar-refractivity contribution >= 4 is 5.91 Å². The molecule has 0 aromatic carbocycles. The summed E-state index contributed by atoms with van der Waals surface area (Å²) in [7, 11) is 0. The molecule has 0 unspecified atom stereocenters. The van der Waals surface area contributed by atoms with Gasteiger partial charge >= 0.3 is 6.18 Å². The summed E-state index contributed by atoms with van der Waals surface area (Å²) in [4.78, 5) is 26.9. The van der Waals surface area contributed by atoms with E-state index < -0.39 is 23.2 Å². The van der Waals surface area contributed by atoms with Crippen LogP contribution in [0.4, 0.5) is 13.2 Å². The lowest BCUT2D eigenvalue weighted by molar-refractivity contribution is -0.138. The zero-order chi connectivity index (χ0) is 17.3. The molecule has 3 heterocycles. The van der Waals surface area contributed by atoms with Crippen molar-refractivity contribution < 1.29 is 22.7 Å². The summed E-state index contributed by atoms with van der Waals surface area (Å²) in [5.41, 5.74) is -2.76. The lowest BCUT2D eigenvalue weighted by atomic mass is 10.0. The van der Waals surface area contributed by atoms with Crippen molar-refractivity contribution in [1.29, 1.82) is 0 Å². The van der Waals surface area contributed by atoms with Crippen LogP contribution in [0.25, 0.3) is 0 Å². The van der Waals surface area contributed by atoms with Gasteiger partial charge in [0.1, 0.15) is 5.56 Å². The van der Waals surface area contributed by atoms with Gasteiger partial charge < -0.3 is 19.9 Å². The molecular weight excluding hydrogens is 327 g/mol. The van der Waals surface area contributed by atoms with E-state index in [1.165, 1.54) is 4.90 Å². The molecule has 2 aliphatic rings. The van der Waals surface area contributed by atoms with Gasteiger partial charge in [0, 0.05) is 44.6 Å². The molecule has 2 N–H and O–H groups in total. The van der Waals surface area contributed by atoms with Gasteiger partial charge in [-0.3, -0.25) is 9.59 Å². The summed E-state index contributed by atoms with van der Waals surface area (Å²) in [6, 6.07) is 1.10. The summed E-state index contributed by atoms with van der Waals surface area (Å²) >= 11 is 0. The molecule has 2 aliphatic heterocycles. The van der Waals surface area contributed by atoms with Crippen LogP contribution in [0.5, 0.6) is 0 Å². The first-order valence-corrected chi connectivity index (χ1v) is 7.77. The largest absolute Gasteiger partial charge is 0.421 e. The number of aromatic amines is 1. The van der Waals surface area contributed by atoms with E-state index >= 15 is 0 Å². The first-order valence-electron chi connectivity index (χ1n) is 7.77. The molecule has 0 radical (unpaired) electrons. The fourth-order valence-electron chi connectivity index (χ4n) is 2.95. The number of aromatic nitrogens is 1. The van der Waals surface area contributed by atoms with Crippen LogP contribution in [0.2, 0.25) is 0 Å². The van der Waals surface area contributed by atoms with E-state index in [4.69, 9.17) is 4.74 Å². The van der Waals surface area contributed by atoms with Crippen LogP contribution >= 0.6 is 0 Å². The van der Waals surface area contributed by atoms with Gasteiger partial charge in [-0.1, -0.05) is 0 Å². The molecule has 1 aromatic rings. The van der Waals surface area contributed by atoms with Gasteiger partial charge in [-0.25, -0.2) is 0 Å². The van der Waals surface area contributed by atoms with Crippen LogP contribution in [0.15, 0.2) is 17.1 Å². The van der Waals surface area contributed by atoms with Crippen LogP contribution < -0.4 is 10.9 Å². The van der Waals surface area contributed by atoms with Gasteiger partial charge in [-0.05, 0) is 18.9 Å². The highest BCUT2D eigenvalue weighted by Gasteiger charge is 2.37. The molecule has 6 nitrogen and oxygen atoms in total. The minimum Gasteiger partial charge on any atom is -0.381 e. The third kappa shape index (κ3) is 3.62. The number of hydrogen-bond donors (Lipinski definition) is 2. The van der Waals surface area contributed by atoms with Crippen molar-refractivity contribution in [3.8, 4) is 0 Å². The SMILES string of the molecule is O=C(c1c[nH]c(=O)c(C(F)(F)F)c1)N1CC(NC2CCOCC2)C1. The number of pyridine rings is 1. The number of amides is 1. The van der Waals surface area contributed by atoms with E-state index in [2.05, 4.69) is 5.32 Å². The number of nitrogens with zero attached hydrogens (tertiary/aromatic N) is 1. The van der Waals surface area contributed by atoms with Gasteiger partial charge in [0.05, 0.1) is 5.56 Å². The average molecular weight is 345 g/mol. The van der Waals surface area contributed by atoms with Crippen molar-refractivity contribution in [3.05, 3.63) is 33.7 Å². The van der Waals surface area contributed by atoms with Crippen LogP contribution in [-0.2, 0) is 10.9 Å². The minimum atomic E-state index is -4.79. The Balaban J connectivity index is 1.59. The highest BCUT2D eigenvalue weighted by molar-refractivity contribution is 5.94. The Kier molecular flexibility index (Phi) is 4.64. The van der Waals surface area contributed by atoms with Crippen molar-refractivity contribution in [2.45, 2.75) is 31.1 Å². The highest BCUT2D eigenvalue weighted by Crippen LogP contribution is 2.27. The van der Waals surface area contributed by atoms with E-state index in [1.807, 2.05) is 4.98 Å². The third-order valence-corrected chi connectivity index (χ3v) is 4.32. The van der Waals surface area contributed by atoms with Gasteiger partial charge in [0.2, 0.25) is 0 Å². The molecule has 1 aromatic heterocycles. The maximum Gasteiger partial charge on any atom is 0.421 e. The Labute approximate surface area is 136 Å². The Bertz CT molecular complexity index is 662. The number of rotatable bonds is 3. The summed E-state index contributed by atoms with van der Waals surface area (Å²) in [5.74, 6) is -0.512. The second-order valence-electron chi connectivity index (χ2n) is 6.09. The topological polar surface area (TPSA) is 74.4 Å². The Morgan fingerprint density at radius 1 is 1.25 bits per heavy atom. The average Bonchev–Trinajstić information content (AvgIpc) is 2.50. The molecule has 0 saturated carbocycles. The van der Waals surface area contributed by atoms with Crippen LogP contribution in [0, 0.1) is 0 Å². The number of likely N-dealkylation sites (tertiary alicyclic amines) is 1. The van der Waals surface area contributed by atoms with Crippen LogP contribution in [0.1, 0.15) is 28.8 Å². The van der Waals surface area contributed by atoms with E-state index in [0.717, 1.165) is 19.0 Å². The second kappa shape index (κ2) is 6.56. The van der Waals surface area contributed by atoms with Gasteiger partial charge in [0.15, 0.2) is 0 Å². The minimum absolute atomic E-state index is 0.141. The fraction of sp³-hybridized carbons (Fsp3) is 0.600. The molecule has 9 heteroatoms. The Morgan fingerprint density at radius 2 is 1.92 bits per heavy atom. The number of halogens is 3.